The van der Waals surface area contributed by atoms with Gasteiger partial charge in [0.25, 0.3) is 0 Å². The van der Waals surface area contributed by atoms with Crippen LogP contribution in [0, 0.1) is 0 Å². The number of rotatable bonds is 4. The lowest BCUT2D eigenvalue weighted by atomic mass is 9.95. The van der Waals surface area contributed by atoms with Crippen LogP contribution in [-0.4, -0.2) is 49.7 Å². The molecule has 8 nitrogen and oxygen atoms in total. The van der Waals surface area contributed by atoms with Crippen LogP contribution in [0.25, 0.3) is 11.0 Å². The average molecular weight is 437 g/mol. The predicted molar refractivity (Wildman–Crippen MR) is 124 cm³/mol. The number of aromatic nitrogens is 4. The zero-order chi connectivity index (χ0) is 22.4. The molecule has 1 amide bonds. The van der Waals surface area contributed by atoms with E-state index in [4.69, 9.17) is 4.98 Å². The molecule has 170 valence electrons. The van der Waals surface area contributed by atoms with Crippen molar-refractivity contribution in [2.24, 2.45) is 7.05 Å². The van der Waals surface area contributed by atoms with Gasteiger partial charge >= 0.3 is 6.09 Å². The summed E-state index contributed by atoms with van der Waals surface area (Å²) in [5.74, 6) is 1.33. The first-order valence-corrected chi connectivity index (χ1v) is 11.7. The van der Waals surface area contributed by atoms with Gasteiger partial charge in [0.15, 0.2) is 0 Å². The van der Waals surface area contributed by atoms with E-state index in [-0.39, 0.29) is 12.0 Å². The fraction of sp³-hybridized carbons (Fsp3) is 0.542. The standard InChI is InChI=1S/C24H32N6O2/c1-15(12-17-13-26-28(3)14-17)23-27-22-19-5-4-16(2)29(24(31)32)20(19)6-7-21(22)30(23)18-8-10-25-11-9-18/h6-7,13-16,18,25H,4-5,8-12H2,1-3H3,(H,31,32). The van der Waals surface area contributed by atoms with Crippen molar-refractivity contribution in [1.82, 2.24) is 24.6 Å². The van der Waals surface area contributed by atoms with Gasteiger partial charge in [0.05, 0.1) is 22.9 Å². The number of carbonyl (C=O) groups is 1. The van der Waals surface area contributed by atoms with Crippen molar-refractivity contribution in [2.45, 2.75) is 64.0 Å². The number of benzene rings is 1. The van der Waals surface area contributed by atoms with E-state index in [0.29, 0.717) is 6.04 Å². The molecule has 5 rings (SSSR count). The van der Waals surface area contributed by atoms with Gasteiger partial charge in [-0.15, -0.1) is 0 Å². The summed E-state index contributed by atoms with van der Waals surface area (Å²) in [6, 6.07) is 4.48. The molecule has 32 heavy (non-hydrogen) atoms. The Morgan fingerprint density at radius 3 is 2.75 bits per heavy atom. The highest BCUT2D eigenvalue weighted by atomic mass is 16.4. The Morgan fingerprint density at radius 1 is 1.28 bits per heavy atom. The molecule has 2 aromatic heterocycles. The molecule has 2 atom stereocenters. The molecule has 1 saturated heterocycles. The second-order valence-electron chi connectivity index (χ2n) is 9.42. The van der Waals surface area contributed by atoms with Crippen molar-refractivity contribution in [3.63, 3.8) is 0 Å². The molecule has 2 unspecified atom stereocenters. The van der Waals surface area contributed by atoms with E-state index in [9.17, 15) is 9.90 Å². The largest absolute Gasteiger partial charge is 0.465 e. The Balaban J connectivity index is 1.64. The number of nitrogens with zero attached hydrogens (tertiary/aromatic N) is 5. The van der Waals surface area contributed by atoms with Gasteiger partial charge in [-0.05, 0) is 69.8 Å². The Labute approximate surface area is 188 Å². The monoisotopic (exact) mass is 436 g/mol. The van der Waals surface area contributed by atoms with E-state index >= 15 is 0 Å². The van der Waals surface area contributed by atoms with E-state index in [1.807, 2.05) is 30.9 Å². The molecule has 0 spiro atoms. The summed E-state index contributed by atoms with van der Waals surface area (Å²) in [5.41, 5.74) is 5.20. The number of fused-ring (bicyclic) bond motifs is 3. The highest BCUT2D eigenvalue weighted by molar-refractivity contribution is 5.94. The van der Waals surface area contributed by atoms with Crippen LogP contribution >= 0.6 is 0 Å². The molecular formula is C24H32N6O2. The van der Waals surface area contributed by atoms with Gasteiger partial charge in [-0.1, -0.05) is 6.92 Å². The highest BCUT2D eigenvalue weighted by Gasteiger charge is 2.32. The number of carboxylic acid groups (broad SMARTS) is 1. The Hall–Kier alpha value is -2.87. The first-order chi connectivity index (χ1) is 15.4. The first kappa shape index (κ1) is 21.0. The molecule has 0 bridgehead atoms. The molecular weight excluding hydrogens is 404 g/mol. The van der Waals surface area contributed by atoms with E-state index < -0.39 is 6.09 Å². The van der Waals surface area contributed by atoms with Crippen molar-refractivity contribution in [2.75, 3.05) is 18.0 Å². The summed E-state index contributed by atoms with van der Waals surface area (Å²) in [4.78, 5) is 18.7. The molecule has 0 aliphatic carbocycles. The maximum Gasteiger partial charge on any atom is 0.412 e. The quantitative estimate of drug-likeness (QED) is 0.648. The average Bonchev–Trinajstić information content (AvgIpc) is 3.37. The molecule has 0 saturated carbocycles. The van der Waals surface area contributed by atoms with Gasteiger partial charge in [-0.2, -0.15) is 5.10 Å². The number of imidazole rings is 1. The smallest absolute Gasteiger partial charge is 0.412 e. The molecule has 8 heteroatoms. The lowest BCUT2D eigenvalue weighted by Gasteiger charge is -2.33. The second kappa shape index (κ2) is 8.24. The normalized spacial score (nSPS) is 20.5. The number of anilines is 1. The van der Waals surface area contributed by atoms with Crippen LogP contribution in [0.2, 0.25) is 0 Å². The van der Waals surface area contributed by atoms with Gasteiger partial charge in [-0.3, -0.25) is 9.58 Å². The minimum atomic E-state index is -0.888. The van der Waals surface area contributed by atoms with Gasteiger partial charge in [0, 0.05) is 36.8 Å². The number of amides is 1. The fourth-order valence-electron chi connectivity index (χ4n) is 5.53. The van der Waals surface area contributed by atoms with Gasteiger partial charge in [0.2, 0.25) is 0 Å². The summed E-state index contributed by atoms with van der Waals surface area (Å²) in [5, 5.41) is 17.6. The molecule has 0 radical (unpaired) electrons. The molecule has 2 aliphatic heterocycles. The molecule has 4 heterocycles. The van der Waals surface area contributed by atoms with Crippen LogP contribution in [0.5, 0.6) is 0 Å². The summed E-state index contributed by atoms with van der Waals surface area (Å²) >= 11 is 0. The van der Waals surface area contributed by atoms with Crippen LogP contribution in [0.15, 0.2) is 24.5 Å². The summed E-state index contributed by atoms with van der Waals surface area (Å²) in [7, 11) is 1.94. The van der Waals surface area contributed by atoms with Gasteiger partial charge < -0.3 is 15.0 Å². The van der Waals surface area contributed by atoms with E-state index in [1.165, 1.54) is 10.5 Å². The van der Waals surface area contributed by atoms with Crippen LogP contribution in [0.1, 0.15) is 62.0 Å². The van der Waals surface area contributed by atoms with Crippen molar-refractivity contribution >= 4 is 22.8 Å². The topological polar surface area (TPSA) is 88.2 Å². The third-order valence-electron chi connectivity index (χ3n) is 7.10. The predicted octanol–water partition coefficient (Wildman–Crippen LogP) is 3.86. The number of hydrogen-bond donors (Lipinski definition) is 2. The zero-order valence-electron chi connectivity index (χ0n) is 19.1. The molecule has 3 aromatic rings. The van der Waals surface area contributed by atoms with Crippen molar-refractivity contribution < 1.29 is 9.90 Å². The van der Waals surface area contributed by atoms with Gasteiger partial charge in [0.1, 0.15) is 5.82 Å². The Kier molecular flexibility index (Phi) is 5.41. The fourth-order valence-corrected chi connectivity index (χ4v) is 5.53. The number of piperidine rings is 1. The lowest BCUT2D eigenvalue weighted by molar-refractivity contribution is 0.198. The highest BCUT2D eigenvalue weighted by Crippen LogP contribution is 2.39. The van der Waals surface area contributed by atoms with E-state index in [1.54, 1.807) is 0 Å². The molecule has 2 aliphatic rings. The van der Waals surface area contributed by atoms with Crippen LogP contribution < -0.4 is 10.2 Å². The van der Waals surface area contributed by atoms with Crippen molar-refractivity contribution in [1.29, 1.82) is 0 Å². The van der Waals surface area contributed by atoms with Crippen LogP contribution in [-0.2, 0) is 19.9 Å². The van der Waals surface area contributed by atoms with Crippen molar-refractivity contribution in [3.05, 3.63) is 41.5 Å². The molecule has 1 aromatic carbocycles. The van der Waals surface area contributed by atoms with E-state index in [2.05, 4.69) is 34.2 Å². The summed E-state index contributed by atoms with van der Waals surface area (Å²) in [6.45, 7) is 6.24. The number of nitrogens with one attached hydrogen (secondary N) is 1. The number of aryl methyl sites for hydroxylation is 2. The maximum absolute atomic E-state index is 12.0. The first-order valence-electron chi connectivity index (χ1n) is 11.7. The molecule has 1 fully saturated rings. The third-order valence-corrected chi connectivity index (χ3v) is 7.10. The van der Waals surface area contributed by atoms with Crippen LogP contribution in [0.4, 0.5) is 10.5 Å². The zero-order valence-corrected chi connectivity index (χ0v) is 19.1. The van der Waals surface area contributed by atoms with E-state index in [0.717, 1.165) is 73.3 Å². The Bertz CT molecular complexity index is 1140. The second-order valence-corrected chi connectivity index (χ2v) is 9.42. The molecule has 2 N–H and O–H groups in total. The minimum Gasteiger partial charge on any atom is -0.465 e. The van der Waals surface area contributed by atoms with Crippen molar-refractivity contribution in [3.8, 4) is 0 Å². The summed E-state index contributed by atoms with van der Waals surface area (Å²) in [6.07, 6.45) is 7.82. The number of hydrogen-bond acceptors (Lipinski definition) is 4. The minimum absolute atomic E-state index is 0.0204. The van der Waals surface area contributed by atoms with Crippen LogP contribution in [0.3, 0.4) is 0 Å². The third kappa shape index (κ3) is 3.56. The van der Waals surface area contributed by atoms with Gasteiger partial charge in [-0.25, -0.2) is 9.78 Å². The lowest BCUT2D eigenvalue weighted by Crippen LogP contribution is -2.41. The summed E-state index contributed by atoms with van der Waals surface area (Å²) < 4.78 is 4.30. The Morgan fingerprint density at radius 2 is 2.06 bits per heavy atom. The SMILES string of the molecule is CC(Cc1cnn(C)c1)c1nc2c3c(ccc2n1C1CCNCC1)N(C(=O)O)C(C)CC3. The maximum atomic E-state index is 12.0.